The van der Waals surface area contributed by atoms with Gasteiger partial charge in [0.15, 0.2) is 0 Å². The molecule has 2 rings (SSSR count). The number of urea groups is 2. The average Bonchev–Trinajstić information content (AvgIpc) is 2.57. The van der Waals surface area contributed by atoms with Gasteiger partial charge in [-0.25, -0.2) is 18.4 Å². The van der Waals surface area contributed by atoms with Gasteiger partial charge in [-0.15, -0.1) is 6.58 Å². The summed E-state index contributed by atoms with van der Waals surface area (Å²) in [6.07, 6.45) is 1.55. The fourth-order valence-corrected chi connectivity index (χ4v) is 1.85. The summed E-state index contributed by atoms with van der Waals surface area (Å²) >= 11 is 0. The number of hydrogen-bond acceptors (Lipinski definition) is 2. The minimum atomic E-state index is -0.875. The summed E-state index contributed by atoms with van der Waals surface area (Å²) in [4.78, 5) is 23.3. The minimum Gasteiger partial charge on any atom is -0.334 e. The molecule has 0 fully saturated rings. The standard InChI is InChI=1S/C17H16F2N4O2/c1-2-9-20-16(24)21-12-4-6-13(7-5-12)22-17(25)23-15-8-3-11(18)10-14(15)19/h2-8,10H,1,9H2,(H2,20,21,24)(H2,22,23,25). The van der Waals surface area contributed by atoms with Gasteiger partial charge in [-0.1, -0.05) is 6.08 Å². The van der Waals surface area contributed by atoms with Crippen LogP contribution in [0.4, 0.5) is 35.4 Å². The van der Waals surface area contributed by atoms with Crippen molar-refractivity contribution in [1.82, 2.24) is 5.32 Å². The quantitative estimate of drug-likeness (QED) is 0.619. The van der Waals surface area contributed by atoms with Gasteiger partial charge in [-0.3, -0.25) is 0 Å². The summed E-state index contributed by atoms with van der Waals surface area (Å²) < 4.78 is 26.3. The van der Waals surface area contributed by atoms with Crippen molar-refractivity contribution in [3.63, 3.8) is 0 Å². The summed E-state index contributed by atoms with van der Waals surface area (Å²) in [5.74, 6) is -1.61. The van der Waals surface area contributed by atoms with Crippen LogP contribution in [-0.4, -0.2) is 18.6 Å². The van der Waals surface area contributed by atoms with Crippen LogP contribution in [0.2, 0.25) is 0 Å². The Morgan fingerprint density at radius 3 is 2.08 bits per heavy atom. The van der Waals surface area contributed by atoms with Gasteiger partial charge in [0.2, 0.25) is 0 Å². The first-order chi connectivity index (χ1) is 12.0. The number of rotatable bonds is 5. The van der Waals surface area contributed by atoms with Crippen LogP contribution in [0.3, 0.4) is 0 Å². The van der Waals surface area contributed by atoms with Crippen molar-refractivity contribution in [2.45, 2.75) is 0 Å². The normalized spacial score (nSPS) is 9.84. The smallest absolute Gasteiger partial charge is 0.323 e. The van der Waals surface area contributed by atoms with Crippen molar-refractivity contribution in [2.75, 3.05) is 22.5 Å². The van der Waals surface area contributed by atoms with Crippen LogP contribution < -0.4 is 21.3 Å². The molecule has 25 heavy (non-hydrogen) atoms. The Labute approximate surface area is 142 Å². The first-order valence-electron chi connectivity index (χ1n) is 7.27. The van der Waals surface area contributed by atoms with Crippen LogP contribution in [-0.2, 0) is 0 Å². The van der Waals surface area contributed by atoms with Crippen molar-refractivity contribution >= 4 is 29.1 Å². The lowest BCUT2D eigenvalue weighted by Crippen LogP contribution is -2.28. The maximum Gasteiger partial charge on any atom is 0.323 e. The largest absolute Gasteiger partial charge is 0.334 e. The van der Waals surface area contributed by atoms with E-state index in [-0.39, 0.29) is 11.7 Å². The zero-order valence-electron chi connectivity index (χ0n) is 13.1. The van der Waals surface area contributed by atoms with E-state index in [1.807, 2.05) is 0 Å². The summed E-state index contributed by atoms with van der Waals surface area (Å²) in [7, 11) is 0. The second-order valence-corrected chi connectivity index (χ2v) is 4.90. The Morgan fingerprint density at radius 2 is 1.52 bits per heavy atom. The van der Waals surface area contributed by atoms with Gasteiger partial charge in [-0.2, -0.15) is 0 Å². The molecule has 0 aliphatic rings. The van der Waals surface area contributed by atoms with Gasteiger partial charge in [-0.05, 0) is 36.4 Å². The highest BCUT2D eigenvalue weighted by Crippen LogP contribution is 2.17. The zero-order chi connectivity index (χ0) is 18.2. The predicted octanol–water partition coefficient (Wildman–Crippen LogP) is 3.92. The van der Waals surface area contributed by atoms with Crippen LogP contribution in [0.1, 0.15) is 0 Å². The van der Waals surface area contributed by atoms with E-state index < -0.39 is 17.7 Å². The number of benzene rings is 2. The Bertz CT molecular complexity index is 779. The van der Waals surface area contributed by atoms with Crippen LogP contribution in [0, 0.1) is 11.6 Å². The number of carbonyl (C=O) groups excluding carboxylic acids is 2. The molecule has 0 aliphatic carbocycles. The number of anilines is 3. The molecule has 4 amide bonds. The summed E-state index contributed by atoms with van der Waals surface area (Å²) in [5.41, 5.74) is 0.810. The van der Waals surface area contributed by atoms with E-state index in [2.05, 4.69) is 27.8 Å². The molecule has 6 nitrogen and oxygen atoms in total. The molecule has 0 atom stereocenters. The highest BCUT2D eigenvalue weighted by Gasteiger charge is 2.08. The van der Waals surface area contributed by atoms with Crippen molar-refractivity contribution in [3.05, 3.63) is 66.8 Å². The van der Waals surface area contributed by atoms with E-state index in [1.165, 1.54) is 0 Å². The summed E-state index contributed by atoms with van der Waals surface area (Å²) in [6, 6.07) is 8.06. The van der Waals surface area contributed by atoms with Crippen LogP contribution in [0.5, 0.6) is 0 Å². The predicted molar refractivity (Wildman–Crippen MR) is 92.7 cm³/mol. The first kappa shape index (κ1) is 17.9. The lowest BCUT2D eigenvalue weighted by molar-refractivity contribution is 0.253. The van der Waals surface area contributed by atoms with Crippen LogP contribution in [0.15, 0.2) is 55.1 Å². The molecule has 0 saturated carbocycles. The number of carbonyl (C=O) groups is 2. The Kier molecular flexibility index (Phi) is 6.05. The summed E-state index contributed by atoms with van der Waals surface area (Å²) in [6.45, 7) is 3.83. The molecule has 0 unspecified atom stereocenters. The lowest BCUT2D eigenvalue weighted by Gasteiger charge is -2.10. The average molecular weight is 346 g/mol. The molecule has 0 aromatic heterocycles. The van der Waals surface area contributed by atoms with Gasteiger partial charge in [0.05, 0.1) is 5.69 Å². The topological polar surface area (TPSA) is 82.3 Å². The van der Waals surface area contributed by atoms with E-state index in [9.17, 15) is 18.4 Å². The number of hydrogen-bond donors (Lipinski definition) is 4. The maximum absolute atomic E-state index is 13.5. The molecule has 0 spiro atoms. The molecular weight excluding hydrogens is 330 g/mol. The van der Waals surface area contributed by atoms with Gasteiger partial charge in [0, 0.05) is 24.0 Å². The first-order valence-corrected chi connectivity index (χ1v) is 7.27. The number of nitrogens with one attached hydrogen (secondary N) is 4. The van der Waals surface area contributed by atoms with Gasteiger partial charge >= 0.3 is 12.1 Å². The Morgan fingerprint density at radius 1 is 0.920 bits per heavy atom. The molecule has 2 aromatic carbocycles. The number of amides is 4. The molecule has 0 radical (unpaired) electrons. The van der Waals surface area contributed by atoms with Gasteiger partial charge in [0.25, 0.3) is 0 Å². The second-order valence-electron chi connectivity index (χ2n) is 4.90. The molecule has 2 aromatic rings. The lowest BCUT2D eigenvalue weighted by atomic mass is 10.3. The maximum atomic E-state index is 13.5. The molecule has 130 valence electrons. The van der Waals surface area contributed by atoms with Crippen LogP contribution >= 0.6 is 0 Å². The minimum absolute atomic E-state index is 0.143. The molecule has 0 heterocycles. The third-order valence-corrected chi connectivity index (χ3v) is 2.99. The van der Waals surface area contributed by atoms with Crippen molar-refractivity contribution < 1.29 is 18.4 Å². The van der Waals surface area contributed by atoms with Gasteiger partial charge < -0.3 is 21.3 Å². The SMILES string of the molecule is C=CCNC(=O)Nc1ccc(NC(=O)Nc2ccc(F)cc2F)cc1. The van der Waals surface area contributed by atoms with E-state index in [0.717, 1.165) is 12.1 Å². The Hall–Kier alpha value is -3.42. The molecule has 0 aliphatic heterocycles. The molecular formula is C17H16F2N4O2. The van der Waals surface area contributed by atoms with Crippen LogP contribution in [0.25, 0.3) is 0 Å². The fraction of sp³-hybridized carbons (Fsp3) is 0.0588. The zero-order valence-corrected chi connectivity index (χ0v) is 13.1. The highest BCUT2D eigenvalue weighted by atomic mass is 19.1. The molecule has 4 N–H and O–H groups in total. The monoisotopic (exact) mass is 346 g/mol. The second kappa shape index (κ2) is 8.44. The van der Waals surface area contributed by atoms with E-state index in [1.54, 1.807) is 30.3 Å². The molecule has 0 bridgehead atoms. The number of halogens is 2. The van der Waals surface area contributed by atoms with Crippen molar-refractivity contribution in [3.8, 4) is 0 Å². The van der Waals surface area contributed by atoms with E-state index in [4.69, 9.17) is 0 Å². The summed E-state index contributed by atoms with van der Waals surface area (Å²) in [5, 5.41) is 9.92. The molecule has 0 saturated heterocycles. The Balaban J connectivity index is 1.90. The van der Waals surface area contributed by atoms with E-state index >= 15 is 0 Å². The molecule has 8 heteroatoms. The van der Waals surface area contributed by atoms with Crippen molar-refractivity contribution in [1.29, 1.82) is 0 Å². The third kappa shape index (κ3) is 5.61. The van der Waals surface area contributed by atoms with Crippen molar-refractivity contribution in [2.24, 2.45) is 0 Å². The third-order valence-electron chi connectivity index (χ3n) is 2.99. The van der Waals surface area contributed by atoms with E-state index in [0.29, 0.717) is 24.0 Å². The van der Waals surface area contributed by atoms with Gasteiger partial charge in [0.1, 0.15) is 11.6 Å². The highest BCUT2D eigenvalue weighted by molar-refractivity contribution is 6.00. The fourth-order valence-electron chi connectivity index (χ4n) is 1.85.